The van der Waals surface area contributed by atoms with E-state index >= 15 is 0 Å². The summed E-state index contributed by atoms with van der Waals surface area (Å²) in [4.78, 5) is 43.5. The van der Waals surface area contributed by atoms with Gasteiger partial charge in [0.25, 0.3) is 5.24 Å². The molecule has 2 aromatic rings. The molecule has 1 saturated heterocycles. The van der Waals surface area contributed by atoms with Crippen molar-refractivity contribution < 1.29 is 33.8 Å². The van der Waals surface area contributed by atoms with Crippen molar-refractivity contribution in [2.75, 3.05) is 13.2 Å². The van der Waals surface area contributed by atoms with Gasteiger partial charge in [-0.15, -0.1) is 0 Å². The van der Waals surface area contributed by atoms with Gasteiger partial charge < -0.3 is 19.4 Å². The topological polar surface area (TPSA) is 123 Å². The highest BCUT2D eigenvalue weighted by molar-refractivity contribution is 8.15. The van der Waals surface area contributed by atoms with Crippen LogP contribution in [0, 0.1) is 0 Å². The van der Waals surface area contributed by atoms with Crippen LogP contribution in [0.4, 0.5) is 4.79 Å². The number of rotatable bonds is 11. The smallest absolute Gasteiger partial charge is 0.483 e. The van der Waals surface area contributed by atoms with Gasteiger partial charge in [0.05, 0.1) is 17.6 Å². The molecule has 174 valence electrons. The molecule has 1 aliphatic heterocycles. The summed E-state index contributed by atoms with van der Waals surface area (Å²) in [7, 11) is 0. The van der Waals surface area contributed by atoms with E-state index in [9.17, 15) is 19.2 Å². The van der Waals surface area contributed by atoms with Crippen LogP contribution in [0.1, 0.15) is 29.9 Å². The first-order chi connectivity index (χ1) is 15.8. The Bertz CT molecular complexity index is 1030. The number of thioether (sulfide) groups is 1. The number of ether oxygens (including phenoxy) is 2. The molecule has 2 amide bonds. The second-order valence-corrected chi connectivity index (χ2v) is 9.00. The van der Waals surface area contributed by atoms with Crippen LogP contribution in [0.25, 0.3) is 0 Å². The molecule has 0 aliphatic carbocycles. The molecule has 2 aromatic carbocycles. The lowest BCUT2D eigenvalue weighted by Gasteiger charge is -2.16. The van der Waals surface area contributed by atoms with Crippen LogP contribution in [-0.4, -0.2) is 51.4 Å². The number of carbonyl (C=O) groups excluding carboxylic acids is 3. The van der Waals surface area contributed by atoms with Crippen molar-refractivity contribution >= 4 is 46.4 Å². The normalized spacial score (nSPS) is 16.2. The average Bonchev–Trinajstić information content (AvgIpc) is 3.09. The Kier molecular flexibility index (Phi) is 8.73. The minimum absolute atomic E-state index is 0.0753. The molecule has 0 radical (unpaired) electrons. The highest BCUT2D eigenvalue weighted by Gasteiger charge is 2.31. The highest BCUT2D eigenvalue weighted by Crippen LogP contribution is 2.25. The fraction of sp³-hybridized carbons (Fsp3) is 0.304. The predicted molar refractivity (Wildman–Crippen MR) is 125 cm³/mol. The zero-order valence-corrected chi connectivity index (χ0v) is 19.1. The summed E-state index contributed by atoms with van der Waals surface area (Å²) in [5, 5.41) is 10.8. The number of carboxylic acid groups (broad SMARTS) is 1. The zero-order chi connectivity index (χ0) is 23.8. The van der Waals surface area contributed by atoms with Gasteiger partial charge in [-0.3, -0.25) is 19.7 Å². The van der Waals surface area contributed by atoms with Crippen molar-refractivity contribution in [1.82, 2.24) is 5.32 Å². The monoisotopic (exact) mass is 492 g/mol. The van der Waals surface area contributed by atoms with Crippen molar-refractivity contribution in [1.29, 1.82) is 0 Å². The predicted octanol–water partition coefficient (Wildman–Crippen LogP) is 3.78. The Labute approximate surface area is 199 Å². The molecule has 1 unspecified atom stereocenters. The summed E-state index contributed by atoms with van der Waals surface area (Å²) in [6.07, 6.45) is 0.113. The third-order valence-corrected chi connectivity index (χ3v) is 6.10. The second-order valence-electron chi connectivity index (χ2n) is 7.39. The number of hydrogen-bond donors (Lipinski definition) is 2. The molecule has 33 heavy (non-hydrogen) atoms. The van der Waals surface area contributed by atoms with Gasteiger partial charge in [0.1, 0.15) is 18.8 Å². The van der Waals surface area contributed by atoms with E-state index in [1.165, 1.54) is 0 Å². The first-order valence-corrected chi connectivity index (χ1v) is 11.4. The maximum atomic E-state index is 11.7. The number of carbonyl (C=O) groups is 3. The van der Waals surface area contributed by atoms with Crippen LogP contribution in [0.3, 0.4) is 0 Å². The van der Waals surface area contributed by atoms with Crippen molar-refractivity contribution in [2.45, 2.75) is 30.4 Å². The van der Waals surface area contributed by atoms with Crippen LogP contribution in [0.5, 0.6) is 5.75 Å². The fourth-order valence-corrected chi connectivity index (χ4v) is 4.20. The van der Waals surface area contributed by atoms with E-state index < -0.39 is 11.2 Å². The molecule has 3 rings (SSSR count). The molecule has 1 aliphatic rings. The number of hydrogen-bond acceptors (Lipinski definition) is 6. The lowest BCUT2D eigenvalue weighted by Crippen LogP contribution is -2.25. The molecule has 10 heteroatoms. The number of benzene rings is 2. The van der Waals surface area contributed by atoms with Crippen molar-refractivity contribution in [3.05, 3.63) is 64.7 Å². The molecule has 0 aromatic heterocycles. The van der Waals surface area contributed by atoms with E-state index in [0.29, 0.717) is 17.2 Å². The molecule has 2 atom stereocenters. The van der Waals surface area contributed by atoms with E-state index in [-0.39, 0.29) is 49.1 Å². The molecule has 1 fully saturated rings. The van der Waals surface area contributed by atoms with E-state index in [2.05, 4.69) is 5.32 Å². The number of amides is 2. The van der Waals surface area contributed by atoms with E-state index in [1.54, 1.807) is 30.3 Å². The molecule has 8 nitrogen and oxygen atoms in total. The highest BCUT2D eigenvalue weighted by atomic mass is 35.5. The largest absolute Gasteiger partial charge is 0.493 e. The third kappa shape index (κ3) is 7.80. The van der Waals surface area contributed by atoms with Gasteiger partial charge in [-0.1, -0.05) is 47.6 Å². The fourth-order valence-electron chi connectivity index (χ4n) is 3.14. The van der Waals surface area contributed by atoms with Gasteiger partial charge >= 0.3 is 11.9 Å². The van der Waals surface area contributed by atoms with Crippen molar-refractivity contribution in [3.8, 4) is 5.75 Å². The Morgan fingerprint density at radius 2 is 1.91 bits per heavy atom. The number of halogens is 1. The minimum atomic E-state index is -1.03. The summed E-state index contributed by atoms with van der Waals surface area (Å²) in [5.41, 5.74) is 1.75. The van der Waals surface area contributed by atoms with Crippen LogP contribution in [0.15, 0.2) is 48.5 Å². The van der Waals surface area contributed by atoms with Gasteiger partial charge in [0.15, 0.2) is 6.61 Å². The Morgan fingerprint density at radius 1 is 1.15 bits per heavy atom. The average molecular weight is 493 g/mol. The molecule has 0 saturated carbocycles. The molecular weight excluding hydrogens is 470 g/mol. The molecule has 0 bridgehead atoms. The summed E-state index contributed by atoms with van der Waals surface area (Å²) in [5.74, 6) is -1.33. The van der Waals surface area contributed by atoms with Crippen LogP contribution in [-0.2, 0) is 20.7 Å². The maximum Gasteiger partial charge on any atom is 0.483 e. The first-order valence-electron chi connectivity index (χ1n) is 10.2. The summed E-state index contributed by atoms with van der Waals surface area (Å²) in [6.45, 7) is 0.299. The van der Waals surface area contributed by atoms with Crippen molar-refractivity contribution in [3.63, 3.8) is 0 Å². The lowest BCUT2D eigenvalue weighted by molar-refractivity contribution is -0.137. The number of aliphatic carboxylic acids is 1. The standard InChI is InChI=1S/C23H22ClNO7S/c24-17-3-1-2-15(11-17)16(13-32-21(28)9-8-20(26)27)12-31-18-6-4-14(5-7-18)10-19-22(29)25-23(30)33-19/h1-7,11,16,19H,8-10,12-13H2,(H,26,27)(H,25,29,30)/p+1/t16-,19?/m0/s1. The quantitative estimate of drug-likeness (QED) is 0.361. The Morgan fingerprint density at radius 3 is 2.55 bits per heavy atom. The zero-order valence-electron chi connectivity index (χ0n) is 17.5. The van der Waals surface area contributed by atoms with Crippen LogP contribution < -0.4 is 10.1 Å². The Balaban J connectivity index is 1.59. The summed E-state index contributed by atoms with van der Waals surface area (Å²) >= 11 is 7.10. The number of carboxylic acids is 1. The first kappa shape index (κ1) is 24.6. The second kappa shape index (κ2) is 11.7. The molecular formula is C23H23ClNO7S+. The lowest BCUT2D eigenvalue weighted by atomic mass is 10.0. The number of nitrogens with one attached hydrogen (secondary N) is 1. The van der Waals surface area contributed by atoms with E-state index in [1.807, 2.05) is 18.2 Å². The van der Waals surface area contributed by atoms with Crippen molar-refractivity contribution in [2.24, 2.45) is 0 Å². The van der Waals surface area contributed by atoms with Gasteiger partial charge in [-0.2, -0.15) is 0 Å². The third-order valence-electron chi connectivity index (χ3n) is 4.89. The SMILES string of the molecule is O=C(O)CCC(=[OH+])OC[C@H](COc1ccc(CC2SC(=O)NC2=O)cc1)c1cccc(Cl)c1. The van der Waals surface area contributed by atoms with Gasteiger partial charge in [-0.05, 0) is 41.8 Å². The molecule has 3 N–H and O–H groups in total. The molecule has 0 spiro atoms. The van der Waals surface area contributed by atoms with Crippen LogP contribution in [0.2, 0.25) is 5.02 Å². The summed E-state index contributed by atoms with van der Waals surface area (Å²) in [6, 6.07) is 14.4. The van der Waals surface area contributed by atoms with Gasteiger partial charge in [-0.25, -0.2) is 0 Å². The number of esters is 1. The number of imide groups is 1. The van der Waals surface area contributed by atoms with E-state index in [4.69, 9.17) is 26.2 Å². The summed E-state index contributed by atoms with van der Waals surface area (Å²) < 4.78 is 11.3. The maximum absolute atomic E-state index is 11.7. The van der Waals surface area contributed by atoms with E-state index in [0.717, 1.165) is 22.9 Å². The Hall–Kier alpha value is -3.04. The minimum Gasteiger partial charge on any atom is -0.493 e. The van der Waals surface area contributed by atoms with Crippen LogP contribution >= 0.6 is 23.4 Å². The van der Waals surface area contributed by atoms with Gasteiger partial charge in [0.2, 0.25) is 5.91 Å². The molecule has 1 heterocycles. The van der Waals surface area contributed by atoms with Gasteiger partial charge in [0, 0.05) is 5.02 Å².